The van der Waals surface area contributed by atoms with E-state index >= 15 is 0 Å². The maximum atomic E-state index is 5.76. The molecule has 0 fully saturated rings. The van der Waals surface area contributed by atoms with E-state index in [0.29, 0.717) is 5.15 Å². The van der Waals surface area contributed by atoms with Gasteiger partial charge in [-0.05, 0) is 42.0 Å². The number of benzene rings is 1. The van der Waals surface area contributed by atoms with Gasteiger partial charge in [0.2, 0.25) is 0 Å². The molecule has 3 rings (SSSR count). The van der Waals surface area contributed by atoms with Crippen molar-refractivity contribution in [3.05, 3.63) is 65.1 Å². The van der Waals surface area contributed by atoms with Crippen molar-refractivity contribution in [3.8, 4) is 5.75 Å². The fraction of sp³-hybridized carbons (Fsp3) is 0.0588. The predicted molar refractivity (Wildman–Crippen MR) is 86.5 cm³/mol. The van der Waals surface area contributed by atoms with Crippen molar-refractivity contribution in [2.24, 2.45) is 0 Å². The molecular weight excluding hydrogens is 284 g/mol. The molecule has 0 amide bonds. The van der Waals surface area contributed by atoms with Gasteiger partial charge in [0.05, 0.1) is 18.3 Å². The van der Waals surface area contributed by atoms with E-state index in [0.717, 1.165) is 27.9 Å². The van der Waals surface area contributed by atoms with E-state index in [1.807, 2.05) is 48.6 Å². The highest BCUT2D eigenvalue weighted by Gasteiger charge is 1.98. The van der Waals surface area contributed by atoms with Crippen LogP contribution in [0.4, 0.5) is 0 Å². The van der Waals surface area contributed by atoms with Crippen molar-refractivity contribution in [2.75, 3.05) is 7.11 Å². The zero-order chi connectivity index (χ0) is 14.7. The summed E-state index contributed by atoms with van der Waals surface area (Å²) in [7, 11) is 1.66. The smallest absolute Gasteiger partial charge is 0.129 e. The van der Waals surface area contributed by atoms with Gasteiger partial charge in [-0.1, -0.05) is 29.8 Å². The summed E-state index contributed by atoms with van der Waals surface area (Å²) in [6.45, 7) is 0. The molecule has 3 aromatic rings. The topological polar surface area (TPSA) is 35.0 Å². The van der Waals surface area contributed by atoms with Crippen molar-refractivity contribution < 1.29 is 4.74 Å². The fourth-order valence-corrected chi connectivity index (χ4v) is 2.12. The monoisotopic (exact) mass is 296 g/mol. The summed E-state index contributed by atoms with van der Waals surface area (Å²) >= 11 is 5.76. The van der Waals surface area contributed by atoms with Crippen LogP contribution in [0.25, 0.3) is 23.1 Å². The summed E-state index contributed by atoms with van der Waals surface area (Å²) in [5.74, 6) is 0.833. The molecule has 0 spiro atoms. The van der Waals surface area contributed by atoms with Gasteiger partial charge in [0, 0.05) is 11.6 Å². The van der Waals surface area contributed by atoms with Crippen molar-refractivity contribution in [2.45, 2.75) is 0 Å². The normalized spacial score (nSPS) is 11.1. The number of nitrogens with zero attached hydrogens (tertiary/aromatic N) is 2. The Hall–Kier alpha value is -2.39. The first-order chi connectivity index (χ1) is 10.2. The van der Waals surface area contributed by atoms with Gasteiger partial charge in [0.25, 0.3) is 0 Å². The number of methoxy groups -OCH3 is 1. The summed E-state index contributed by atoms with van der Waals surface area (Å²) < 4.78 is 5.21. The van der Waals surface area contributed by atoms with Gasteiger partial charge in [0.1, 0.15) is 10.9 Å². The molecule has 0 aliphatic carbocycles. The lowest BCUT2D eigenvalue weighted by Gasteiger charge is -2.02. The van der Waals surface area contributed by atoms with E-state index in [2.05, 4.69) is 9.97 Å². The van der Waals surface area contributed by atoms with E-state index in [1.54, 1.807) is 19.4 Å². The number of aromatic nitrogens is 2. The molecular formula is C17H13ClN2O. The number of pyridine rings is 2. The van der Waals surface area contributed by atoms with Gasteiger partial charge in [-0.3, -0.25) is 0 Å². The minimum absolute atomic E-state index is 0.491. The highest BCUT2D eigenvalue weighted by molar-refractivity contribution is 6.29. The molecule has 0 atom stereocenters. The van der Waals surface area contributed by atoms with Crippen molar-refractivity contribution in [1.82, 2.24) is 9.97 Å². The third-order valence-corrected chi connectivity index (χ3v) is 3.34. The molecule has 0 radical (unpaired) electrons. The molecule has 0 bridgehead atoms. The number of rotatable bonds is 3. The first kappa shape index (κ1) is 13.6. The zero-order valence-corrected chi connectivity index (χ0v) is 12.2. The number of ether oxygens (including phenoxy) is 1. The van der Waals surface area contributed by atoms with Crippen LogP contribution in [0.2, 0.25) is 5.15 Å². The molecule has 2 heterocycles. The van der Waals surface area contributed by atoms with E-state index in [4.69, 9.17) is 16.3 Å². The van der Waals surface area contributed by atoms with E-state index < -0.39 is 0 Å². The Morgan fingerprint density at radius 1 is 1.05 bits per heavy atom. The third kappa shape index (κ3) is 3.20. The molecule has 1 aromatic carbocycles. The average Bonchev–Trinajstić information content (AvgIpc) is 2.53. The number of hydrogen-bond acceptors (Lipinski definition) is 3. The molecule has 104 valence electrons. The molecule has 0 saturated heterocycles. The predicted octanol–water partition coefficient (Wildman–Crippen LogP) is 4.46. The lowest BCUT2D eigenvalue weighted by molar-refractivity contribution is 0.415. The lowest BCUT2D eigenvalue weighted by atomic mass is 10.2. The Morgan fingerprint density at radius 3 is 2.71 bits per heavy atom. The van der Waals surface area contributed by atoms with E-state index in [-0.39, 0.29) is 0 Å². The van der Waals surface area contributed by atoms with E-state index in [9.17, 15) is 0 Å². The van der Waals surface area contributed by atoms with Crippen molar-refractivity contribution in [3.63, 3.8) is 0 Å². The second-order valence-electron chi connectivity index (χ2n) is 4.54. The molecule has 2 aromatic heterocycles. The van der Waals surface area contributed by atoms with Gasteiger partial charge >= 0.3 is 0 Å². The molecule has 0 aliphatic rings. The van der Waals surface area contributed by atoms with Gasteiger partial charge < -0.3 is 4.74 Å². The zero-order valence-electron chi connectivity index (χ0n) is 11.5. The van der Waals surface area contributed by atoms with Crippen LogP contribution in [0.3, 0.4) is 0 Å². The standard InChI is InChI=1S/C17H13ClN2O/c1-21-15-7-8-16-13(10-15)4-6-14(20-16)5-2-12-3-9-17(18)19-11-12/h2-11H,1H3/b5-2+. The maximum absolute atomic E-state index is 5.76. The number of fused-ring (bicyclic) bond motifs is 1. The van der Waals surface area contributed by atoms with Crippen LogP contribution in [0.15, 0.2) is 48.7 Å². The third-order valence-electron chi connectivity index (χ3n) is 3.11. The summed E-state index contributed by atoms with van der Waals surface area (Å²) in [6, 6.07) is 13.5. The molecule has 3 nitrogen and oxygen atoms in total. The quantitative estimate of drug-likeness (QED) is 0.669. The van der Waals surface area contributed by atoms with Crippen LogP contribution in [-0.4, -0.2) is 17.1 Å². The second kappa shape index (κ2) is 5.94. The molecule has 4 heteroatoms. The van der Waals surface area contributed by atoms with Crippen LogP contribution < -0.4 is 4.74 Å². The molecule has 0 saturated carbocycles. The van der Waals surface area contributed by atoms with E-state index in [1.165, 1.54) is 0 Å². The van der Waals surface area contributed by atoms with Crippen molar-refractivity contribution >= 4 is 34.7 Å². The fourth-order valence-electron chi connectivity index (χ4n) is 2.01. The number of halogens is 1. The maximum Gasteiger partial charge on any atom is 0.129 e. The molecule has 0 unspecified atom stereocenters. The Balaban J connectivity index is 1.88. The van der Waals surface area contributed by atoms with Crippen LogP contribution in [-0.2, 0) is 0 Å². The largest absolute Gasteiger partial charge is 0.497 e. The molecule has 21 heavy (non-hydrogen) atoms. The average molecular weight is 297 g/mol. The SMILES string of the molecule is COc1ccc2nc(/C=C/c3ccc(Cl)nc3)ccc2c1. The first-order valence-corrected chi connectivity index (χ1v) is 6.87. The van der Waals surface area contributed by atoms with Crippen LogP contribution in [0, 0.1) is 0 Å². The van der Waals surface area contributed by atoms with Gasteiger partial charge in [-0.2, -0.15) is 0 Å². The highest BCUT2D eigenvalue weighted by atomic mass is 35.5. The lowest BCUT2D eigenvalue weighted by Crippen LogP contribution is -1.86. The van der Waals surface area contributed by atoms with Gasteiger partial charge in [-0.25, -0.2) is 9.97 Å². The van der Waals surface area contributed by atoms with Crippen LogP contribution in [0.5, 0.6) is 5.75 Å². The Kier molecular flexibility index (Phi) is 3.84. The van der Waals surface area contributed by atoms with Crippen LogP contribution >= 0.6 is 11.6 Å². The van der Waals surface area contributed by atoms with Gasteiger partial charge in [0.15, 0.2) is 0 Å². The van der Waals surface area contributed by atoms with Crippen molar-refractivity contribution in [1.29, 1.82) is 0 Å². The summed E-state index contributed by atoms with van der Waals surface area (Å²) in [5.41, 5.74) is 2.81. The Bertz CT molecular complexity index is 797. The summed E-state index contributed by atoms with van der Waals surface area (Å²) in [4.78, 5) is 8.63. The first-order valence-electron chi connectivity index (χ1n) is 6.49. The summed E-state index contributed by atoms with van der Waals surface area (Å²) in [5, 5.41) is 1.55. The minimum atomic E-state index is 0.491. The Labute approximate surface area is 127 Å². The second-order valence-corrected chi connectivity index (χ2v) is 4.93. The Morgan fingerprint density at radius 2 is 1.95 bits per heavy atom. The van der Waals surface area contributed by atoms with Gasteiger partial charge in [-0.15, -0.1) is 0 Å². The van der Waals surface area contributed by atoms with Crippen LogP contribution in [0.1, 0.15) is 11.3 Å². The summed E-state index contributed by atoms with van der Waals surface area (Å²) in [6.07, 6.45) is 5.64. The molecule has 0 N–H and O–H groups in total. The molecule has 0 aliphatic heterocycles. The minimum Gasteiger partial charge on any atom is -0.497 e. The highest BCUT2D eigenvalue weighted by Crippen LogP contribution is 2.20. The number of hydrogen-bond donors (Lipinski definition) is 0.